The largest absolute Gasteiger partial charge is 0.493 e. The van der Waals surface area contributed by atoms with Gasteiger partial charge in [0.05, 0.1) is 34.9 Å². The average molecular weight is 366 g/mol. The van der Waals surface area contributed by atoms with Crippen LogP contribution in [0.4, 0.5) is 0 Å². The van der Waals surface area contributed by atoms with Gasteiger partial charge in [-0.05, 0) is 26.0 Å². The van der Waals surface area contributed by atoms with E-state index in [1.807, 2.05) is 26.0 Å². The standard InChI is InChI=1S/C15H15N3O2S3/c1-3-19-7-5-6-8(20-4-2)10-9(7)11(17-13(10)16)12-14(21)18-15(22)23-12/h5-6H,3-4H2,1-2H3,(H2,16,17)(H,18,21,22). The maximum Gasteiger partial charge on any atom is 0.143 e. The first-order valence-electron chi connectivity index (χ1n) is 7.13. The third kappa shape index (κ3) is 2.82. The van der Waals surface area contributed by atoms with E-state index in [-0.39, 0.29) is 5.84 Å². The van der Waals surface area contributed by atoms with E-state index in [1.54, 1.807) is 0 Å². The summed E-state index contributed by atoms with van der Waals surface area (Å²) in [6.45, 7) is 4.90. The first-order valence-corrected chi connectivity index (χ1v) is 8.76. The van der Waals surface area contributed by atoms with Crippen LogP contribution in [0.15, 0.2) is 17.0 Å². The van der Waals surface area contributed by atoms with E-state index in [0.717, 1.165) is 16.2 Å². The monoisotopic (exact) mass is 365 g/mol. The second-order valence-electron chi connectivity index (χ2n) is 4.73. The van der Waals surface area contributed by atoms with Gasteiger partial charge in [-0.15, -0.1) is 0 Å². The van der Waals surface area contributed by atoms with Gasteiger partial charge >= 0.3 is 0 Å². The van der Waals surface area contributed by atoms with Crippen LogP contribution in [0.25, 0.3) is 5.70 Å². The molecule has 0 aliphatic carbocycles. The van der Waals surface area contributed by atoms with Gasteiger partial charge < -0.3 is 20.1 Å². The molecule has 23 heavy (non-hydrogen) atoms. The van der Waals surface area contributed by atoms with Crippen LogP contribution < -0.4 is 20.1 Å². The SMILES string of the molecule is CCOc1ccc(OCC)c2c1C(=N)NC2=C1SC(=S)NC1=S. The highest BCUT2D eigenvalue weighted by Gasteiger charge is 2.34. The molecule has 2 aliphatic rings. The van der Waals surface area contributed by atoms with Crippen molar-refractivity contribution in [2.75, 3.05) is 13.2 Å². The summed E-state index contributed by atoms with van der Waals surface area (Å²) in [5.41, 5.74) is 2.25. The molecule has 0 atom stereocenters. The predicted molar refractivity (Wildman–Crippen MR) is 102 cm³/mol. The lowest BCUT2D eigenvalue weighted by Crippen LogP contribution is -2.18. The molecule has 1 aromatic carbocycles. The number of nitrogens with one attached hydrogen (secondary N) is 3. The van der Waals surface area contributed by atoms with Crippen molar-refractivity contribution in [2.45, 2.75) is 13.8 Å². The molecule has 2 aliphatic heterocycles. The highest BCUT2D eigenvalue weighted by atomic mass is 32.2. The van der Waals surface area contributed by atoms with Crippen LogP contribution in [0.1, 0.15) is 25.0 Å². The van der Waals surface area contributed by atoms with Gasteiger partial charge in [0, 0.05) is 0 Å². The summed E-state index contributed by atoms with van der Waals surface area (Å²) in [7, 11) is 0. The maximum atomic E-state index is 8.30. The van der Waals surface area contributed by atoms with Gasteiger partial charge in [-0.3, -0.25) is 5.41 Å². The molecule has 0 radical (unpaired) electrons. The zero-order valence-corrected chi connectivity index (χ0v) is 15.1. The number of rotatable bonds is 4. The normalized spacial score (nSPS) is 19.5. The minimum Gasteiger partial charge on any atom is -0.493 e. The molecule has 0 saturated carbocycles. The minimum absolute atomic E-state index is 0.272. The Balaban J connectivity index is 2.23. The van der Waals surface area contributed by atoms with Crippen LogP contribution in [0.2, 0.25) is 0 Å². The Kier molecular flexibility index (Phi) is 4.56. The lowest BCUT2D eigenvalue weighted by molar-refractivity contribution is 0.329. The van der Waals surface area contributed by atoms with Gasteiger partial charge in [-0.1, -0.05) is 36.2 Å². The lowest BCUT2D eigenvalue weighted by Gasteiger charge is -2.13. The molecule has 0 spiro atoms. The van der Waals surface area contributed by atoms with Crippen molar-refractivity contribution in [1.82, 2.24) is 10.6 Å². The molecule has 3 N–H and O–H groups in total. The molecule has 2 heterocycles. The van der Waals surface area contributed by atoms with Crippen molar-refractivity contribution < 1.29 is 9.47 Å². The third-order valence-corrected chi connectivity index (χ3v) is 5.01. The number of ether oxygens (including phenoxy) is 2. The molecule has 0 aromatic heterocycles. The van der Waals surface area contributed by atoms with E-state index in [1.165, 1.54) is 11.8 Å². The van der Waals surface area contributed by atoms with E-state index < -0.39 is 0 Å². The average Bonchev–Trinajstić information content (AvgIpc) is 3.02. The maximum absolute atomic E-state index is 8.30. The van der Waals surface area contributed by atoms with E-state index in [9.17, 15) is 0 Å². The lowest BCUT2D eigenvalue weighted by atomic mass is 10.0. The Bertz CT molecular complexity index is 759. The molecule has 3 rings (SSSR count). The van der Waals surface area contributed by atoms with E-state index in [4.69, 9.17) is 39.3 Å². The quantitative estimate of drug-likeness (QED) is 0.560. The number of amidine groups is 1. The van der Waals surface area contributed by atoms with E-state index in [2.05, 4.69) is 10.6 Å². The van der Waals surface area contributed by atoms with Gasteiger partial charge in [0.15, 0.2) is 0 Å². The fraction of sp³-hybridized carbons (Fsp3) is 0.267. The molecule has 120 valence electrons. The van der Waals surface area contributed by atoms with Gasteiger partial charge in [0.1, 0.15) is 26.6 Å². The summed E-state index contributed by atoms with van der Waals surface area (Å²) in [4.78, 5) is 1.37. The second kappa shape index (κ2) is 6.46. The number of benzene rings is 1. The van der Waals surface area contributed by atoms with Crippen LogP contribution in [0.3, 0.4) is 0 Å². The van der Waals surface area contributed by atoms with Crippen molar-refractivity contribution in [1.29, 1.82) is 5.41 Å². The summed E-state index contributed by atoms with van der Waals surface area (Å²) >= 11 is 11.9. The highest BCUT2D eigenvalue weighted by molar-refractivity contribution is 8.27. The van der Waals surface area contributed by atoms with Gasteiger partial charge in [-0.25, -0.2) is 0 Å². The molecule has 1 aromatic rings. The van der Waals surface area contributed by atoms with Crippen LogP contribution in [0.5, 0.6) is 11.5 Å². The highest BCUT2D eigenvalue weighted by Crippen LogP contribution is 2.43. The smallest absolute Gasteiger partial charge is 0.143 e. The molecule has 5 nitrogen and oxygen atoms in total. The fourth-order valence-corrected chi connectivity index (χ4v) is 4.06. The fourth-order valence-electron chi connectivity index (χ4n) is 2.51. The topological polar surface area (TPSA) is 66.4 Å². The Morgan fingerprint density at radius 1 is 1.04 bits per heavy atom. The van der Waals surface area contributed by atoms with Gasteiger partial charge in [-0.2, -0.15) is 0 Å². The number of hydrogen-bond donors (Lipinski definition) is 3. The molecular formula is C15H15N3O2S3. The molecule has 0 unspecified atom stereocenters. The van der Waals surface area contributed by atoms with Crippen LogP contribution in [-0.2, 0) is 0 Å². The van der Waals surface area contributed by atoms with Crippen LogP contribution in [-0.4, -0.2) is 28.4 Å². The molecule has 1 saturated heterocycles. The van der Waals surface area contributed by atoms with Crippen molar-refractivity contribution in [3.63, 3.8) is 0 Å². The molecule has 0 amide bonds. The van der Waals surface area contributed by atoms with Gasteiger partial charge in [0.2, 0.25) is 0 Å². The molecular weight excluding hydrogens is 350 g/mol. The molecule has 8 heteroatoms. The predicted octanol–water partition coefficient (Wildman–Crippen LogP) is 3.03. The summed E-state index contributed by atoms with van der Waals surface area (Å²) in [5, 5.41) is 14.4. The van der Waals surface area contributed by atoms with Gasteiger partial charge in [0.25, 0.3) is 0 Å². The van der Waals surface area contributed by atoms with E-state index >= 15 is 0 Å². The zero-order chi connectivity index (χ0) is 16.6. The zero-order valence-electron chi connectivity index (χ0n) is 12.6. The number of thiocarbonyl (C=S) groups is 2. The Hall–Kier alpha value is -1.64. The number of thioether (sulfide) groups is 1. The van der Waals surface area contributed by atoms with Crippen molar-refractivity contribution in [2.24, 2.45) is 0 Å². The van der Waals surface area contributed by atoms with E-state index in [0.29, 0.717) is 39.6 Å². The van der Waals surface area contributed by atoms with Crippen molar-refractivity contribution in [3.8, 4) is 11.5 Å². The van der Waals surface area contributed by atoms with Crippen LogP contribution in [0, 0.1) is 5.41 Å². The minimum atomic E-state index is 0.272. The molecule has 0 bridgehead atoms. The Labute approximate surface area is 149 Å². The van der Waals surface area contributed by atoms with Crippen LogP contribution >= 0.6 is 36.2 Å². The summed E-state index contributed by atoms with van der Waals surface area (Å²) < 4.78 is 12.0. The Morgan fingerprint density at radius 3 is 2.17 bits per heavy atom. The van der Waals surface area contributed by atoms with Crippen molar-refractivity contribution in [3.05, 3.63) is 28.2 Å². The summed E-state index contributed by atoms with van der Waals surface area (Å²) in [6.07, 6.45) is 0. The molecule has 1 fully saturated rings. The second-order valence-corrected chi connectivity index (χ2v) is 6.82. The van der Waals surface area contributed by atoms with Crippen molar-refractivity contribution >= 4 is 57.0 Å². The first-order chi connectivity index (χ1) is 11.1. The number of fused-ring (bicyclic) bond motifs is 1. The first kappa shape index (κ1) is 16.2. The third-order valence-electron chi connectivity index (χ3n) is 3.32. The number of hydrogen-bond acceptors (Lipinski definition) is 6. The summed E-state index contributed by atoms with van der Waals surface area (Å²) in [5.74, 6) is 1.63. The Morgan fingerprint density at radius 2 is 1.65 bits per heavy atom. The summed E-state index contributed by atoms with van der Waals surface area (Å²) in [6, 6.07) is 3.70.